The molecule has 1 aliphatic rings. The number of carbonyl (C=O) groups excluding carboxylic acids is 1. The summed E-state index contributed by atoms with van der Waals surface area (Å²) in [5.41, 5.74) is 2.87. The highest BCUT2D eigenvalue weighted by Crippen LogP contribution is 2.37. The Morgan fingerprint density at radius 1 is 1.22 bits per heavy atom. The van der Waals surface area contributed by atoms with Crippen molar-refractivity contribution in [2.45, 2.75) is 58.2 Å². The molecule has 2 unspecified atom stereocenters. The minimum atomic E-state index is -4.18. The van der Waals surface area contributed by atoms with Gasteiger partial charge in [-0.3, -0.25) is 4.79 Å². The van der Waals surface area contributed by atoms with Crippen LogP contribution in [0.25, 0.3) is 11.3 Å². The topological polar surface area (TPSA) is 42.0 Å². The number of rotatable bonds is 4. The molecule has 2 aromatic rings. The molecule has 1 fully saturated rings. The molecule has 1 aromatic carbocycles. The van der Waals surface area contributed by atoms with E-state index in [9.17, 15) is 18.0 Å². The highest BCUT2D eigenvalue weighted by atomic mass is 32.1. The van der Waals surface area contributed by atoms with Crippen LogP contribution in [-0.2, 0) is 11.2 Å². The SMILES string of the molecule is Cc1ccc(-c2nc(C)sc2CC(=O)NC2CCCC(C(F)(F)F)C2)cc1. The Morgan fingerprint density at radius 2 is 1.93 bits per heavy atom. The largest absolute Gasteiger partial charge is 0.391 e. The number of hydrogen-bond acceptors (Lipinski definition) is 3. The highest BCUT2D eigenvalue weighted by molar-refractivity contribution is 7.12. The first-order chi connectivity index (χ1) is 12.7. The van der Waals surface area contributed by atoms with Crippen LogP contribution in [0.15, 0.2) is 24.3 Å². The summed E-state index contributed by atoms with van der Waals surface area (Å²) in [6.07, 6.45) is -2.82. The van der Waals surface area contributed by atoms with E-state index in [4.69, 9.17) is 0 Å². The Hall–Kier alpha value is -1.89. The van der Waals surface area contributed by atoms with Gasteiger partial charge < -0.3 is 5.32 Å². The fraction of sp³-hybridized carbons (Fsp3) is 0.500. The van der Waals surface area contributed by atoms with E-state index >= 15 is 0 Å². The summed E-state index contributed by atoms with van der Waals surface area (Å²) >= 11 is 1.46. The van der Waals surface area contributed by atoms with Crippen LogP contribution >= 0.6 is 11.3 Å². The van der Waals surface area contributed by atoms with Gasteiger partial charge in [-0.05, 0) is 33.1 Å². The van der Waals surface area contributed by atoms with Crippen LogP contribution < -0.4 is 5.32 Å². The van der Waals surface area contributed by atoms with E-state index in [1.807, 2.05) is 38.1 Å². The van der Waals surface area contributed by atoms with Gasteiger partial charge in [0.2, 0.25) is 5.91 Å². The number of aryl methyl sites for hydroxylation is 2. The second-order valence-corrected chi connectivity index (χ2v) is 8.50. The van der Waals surface area contributed by atoms with Gasteiger partial charge in [0, 0.05) is 16.5 Å². The fourth-order valence-corrected chi connectivity index (χ4v) is 4.53. The second-order valence-electron chi connectivity index (χ2n) is 7.22. The van der Waals surface area contributed by atoms with Gasteiger partial charge in [-0.1, -0.05) is 36.2 Å². The van der Waals surface area contributed by atoms with Crippen molar-refractivity contribution in [2.75, 3.05) is 0 Å². The molecule has 2 atom stereocenters. The molecule has 1 aliphatic carbocycles. The molecule has 27 heavy (non-hydrogen) atoms. The van der Waals surface area contributed by atoms with Crippen LogP contribution in [-0.4, -0.2) is 23.1 Å². The van der Waals surface area contributed by atoms with Crippen molar-refractivity contribution in [1.29, 1.82) is 0 Å². The van der Waals surface area contributed by atoms with E-state index in [1.54, 1.807) is 0 Å². The molecule has 0 aliphatic heterocycles. The monoisotopic (exact) mass is 396 g/mol. The lowest BCUT2D eigenvalue weighted by molar-refractivity contribution is -0.184. The van der Waals surface area contributed by atoms with Crippen LogP contribution in [0, 0.1) is 19.8 Å². The Bertz CT molecular complexity index is 799. The van der Waals surface area contributed by atoms with Crippen molar-refractivity contribution >= 4 is 17.2 Å². The lowest BCUT2D eigenvalue weighted by atomic mass is 9.85. The van der Waals surface area contributed by atoms with Crippen LogP contribution in [0.2, 0.25) is 0 Å². The van der Waals surface area contributed by atoms with Gasteiger partial charge in [0.25, 0.3) is 0 Å². The quantitative estimate of drug-likeness (QED) is 0.771. The van der Waals surface area contributed by atoms with Gasteiger partial charge in [0.1, 0.15) is 0 Å². The third kappa shape index (κ3) is 5.09. The average Bonchev–Trinajstić information content (AvgIpc) is 2.95. The number of halogens is 3. The lowest BCUT2D eigenvalue weighted by Gasteiger charge is -2.31. The van der Waals surface area contributed by atoms with Gasteiger partial charge in [-0.2, -0.15) is 13.2 Å². The van der Waals surface area contributed by atoms with E-state index < -0.39 is 18.1 Å². The van der Waals surface area contributed by atoms with E-state index in [2.05, 4.69) is 10.3 Å². The van der Waals surface area contributed by atoms with Crippen molar-refractivity contribution in [3.63, 3.8) is 0 Å². The molecule has 0 spiro atoms. The summed E-state index contributed by atoms with van der Waals surface area (Å²) in [6, 6.07) is 7.52. The number of amides is 1. The summed E-state index contributed by atoms with van der Waals surface area (Å²) < 4.78 is 38.9. The number of nitrogens with zero attached hydrogens (tertiary/aromatic N) is 1. The summed E-state index contributed by atoms with van der Waals surface area (Å²) in [5, 5.41) is 3.67. The third-order valence-corrected chi connectivity index (χ3v) is 5.92. The van der Waals surface area contributed by atoms with Crippen molar-refractivity contribution in [1.82, 2.24) is 10.3 Å². The number of aromatic nitrogens is 1. The molecule has 3 rings (SSSR count). The van der Waals surface area contributed by atoms with E-state index in [0.29, 0.717) is 12.8 Å². The maximum atomic E-state index is 13.0. The molecule has 1 amide bonds. The highest BCUT2D eigenvalue weighted by Gasteiger charge is 2.42. The molecule has 146 valence electrons. The fourth-order valence-electron chi connectivity index (χ4n) is 3.57. The van der Waals surface area contributed by atoms with Crippen molar-refractivity contribution in [3.8, 4) is 11.3 Å². The minimum absolute atomic E-state index is 0.0260. The van der Waals surface area contributed by atoms with E-state index in [-0.39, 0.29) is 25.2 Å². The number of thiazole rings is 1. The van der Waals surface area contributed by atoms with Crippen LogP contribution in [0.4, 0.5) is 13.2 Å². The Kier molecular flexibility index (Phi) is 5.89. The predicted molar refractivity (Wildman–Crippen MR) is 101 cm³/mol. The second kappa shape index (κ2) is 8.00. The van der Waals surface area contributed by atoms with Gasteiger partial charge in [0.15, 0.2) is 0 Å². The summed E-state index contributed by atoms with van der Waals surface area (Å²) in [4.78, 5) is 17.9. The van der Waals surface area contributed by atoms with Crippen molar-refractivity contribution in [2.24, 2.45) is 5.92 Å². The maximum Gasteiger partial charge on any atom is 0.391 e. The molecule has 1 saturated carbocycles. The Morgan fingerprint density at radius 3 is 2.59 bits per heavy atom. The zero-order valence-electron chi connectivity index (χ0n) is 15.4. The zero-order chi connectivity index (χ0) is 19.6. The molecule has 1 N–H and O–H groups in total. The summed E-state index contributed by atoms with van der Waals surface area (Å²) in [5.74, 6) is -1.55. The number of benzene rings is 1. The number of nitrogens with one attached hydrogen (secondary N) is 1. The van der Waals surface area contributed by atoms with Crippen LogP contribution in [0.1, 0.15) is 41.1 Å². The van der Waals surface area contributed by atoms with Gasteiger partial charge in [0.05, 0.1) is 23.0 Å². The molecule has 1 heterocycles. The lowest BCUT2D eigenvalue weighted by Crippen LogP contribution is -2.42. The Labute approximate surface area is 161 Å². The van der Waals surface area contributed by atoms with Crippen molar-refractivity contribution in [3.05, 3.63) is 39.7 Å². The van der Waals surface area contributed by atoms with E-state index in [1.165, 1.54) is 11.3 Å². The molecule has 7 heteroatoms. The van der Waals surface area contributed by atoms with Gasteiger partial charge >= 0.3 is 6.18 Å². The maximum absolute atomic E-state index is 13.0. The molecule has 1 aromatic heterocycles. The first kappa shape index (κ1) is 19.9. The van der Waals surface area contributed by atoms with Crippen LogP contribution in [0.3, 0.4) is 0 Å². The molecular weight excluding hydrogens is 373 g/mol. The number of hydrogen-bond donors (Lipinski definition) is 1. The number of alkyl halides is 3. The van der Waals surface area contributed by atoms with Gasteiger partial charge in [-0.25, -0.2) is 4.98 Å². The Balaban J connectivity index is 1.67. The minimum Gasteiger partial charge on any atom is -0.353 e. The van der Waals surface area contributed by atoms with Crippen LogP contribution in [0.5, 0.6) is 0 Å². The first-order valence-corrected chi connectivity index (χ1v) is 9.93. The van der Waals surface area contributed by atoms with Gasteiger partial charge in [-0.15, -0.1) is 11.3 Å². The first-order valence-electron chi connectivity index (χ1n) is 9.12. The normalized spacial score (nSPS) is 20.5. The standard InChI is InChI=1S/C20H23F3N2OS/c1-12-6-8-14(9-7-12)19-17(27-13(2)24-19)11-18(26)25-16-5-3-4-15(10-16)20(21,22)23/h6-9,15-16H,3-5,10-11H2,1-2H3,(H,25,26). The average molecular weight is 396 g/mol. The summed E-state index contributed by atoms with van der Waals surface area (Å²) in [7, 11) is 0. The predicted octanol–water partition coefficient (Wildman–Crippen LogP) is 5.21. The third-order valence-electron chi connectivity index (χ3n) is 4.95. The molecule has 0 radical (unpaired) electrons. The van der Waals surface area contributed by atoms with E-state index in [0.717, 1.165) is 26.7 Å². The smallest absolute Gasteiger partial charge is 0.353 e. The summed E-state index contributed by atoms with van der Waals surface area (Å²) in [6.45, 7) is 3.89. The molecule has 3 nitrogen and oxygen atoms in total. The number of carbonyl (C=O) groups is 1. The molecule has 0 saturated heterocycles. The zero-order valence-corrected chi connectivity index (χ0v) is 16.2. The molecular formula is C20H23F3N2OS. The molecule has 0 bridgehead atoms. The van der Waals surface area contributed by atoms with Crippen molar-refractivity contribution < 1.29 is 18.0 Å².